The molecule has 1 saturated heterocycles. The second kappa shape index (κ2) is 8.21. The Morgan fingerprint density at radius 2 is 2.04 bits per heavy atom. The summed E-state index contributed by atoms with van der Waals surface area (Å²) in [7, 11) is 0. The average Bonchev–Trinajstić information content (AvgIpc) is 2.67. The van der Waals surface area contributed by atoms with Gasteiger partial charge in [0.05, 0.1) is 17.7 Å². The largest absolute Gasteiger partial charge is 0.481 e. The fourth-order valence-corrected chi connectivity index (χ4v) is 3.44. The van der Waals surface area contributed by atoms with Gasteiger partial charge in [0.25, 0.3) is 0 Å². The number of carbonyl (C=O) groups is 1. The molecule has 25 heavy (non-hydrogen) atoms. The Balaban J connectivity index is 1.80. The molecule has 1 unspecified atom stereocenters. The van der Waals surface area contributed by atoms with Crippen molar-refractivity contribution in [3.05, 3.63) is 59.7 Å². The number of likely N-dealkylation sites (tertiary alicyclic amines) is 1. The molecule has 0 radical (unpaired) electrons. The van der Waals surface area contributed by atoms with Crippen molar-refractivity contribution in [3.8, 4) is 0 Å². The smallest absolute Gasteiger partial charge is 0.306 e. The first-order valence-corrected chi connectivity index (χ1v) is 8.99. The maximum atomic E-state index is 11.2. The Morgan fingerprint density at radius 3 is 2.60 bits per heavy atom. The zero-order valence-electron chi connectivity index (χ0n) is 14.6. The van der Waals surface area contributed by atoms with Crippen molar-refractivity contribution >= 4 is 5.97 Å². The highest BCUT2D eigenvalue weighted by molar-refractivity contribution is 5.70. The molecule has 1 aliphatic rings. The van der Waals surface area contributed by atoms with Crippen molar-refractivity contribution in [3.63, 3.8) is 0 Å². The zero-order valence-corrected chi connectivity index (χ0v) is 14.6. The van der Waals surface area contributed by atoms with Gasteiger partial charge in [0.2, 0.25) is 0 Å². The summed E-state index contributed by atoms with van der Waals surface area (Å²) >= 11 is 0. The number of rotatable bonds is 6. The van der Waals surface area contributed by atoms with Gasteiger partial charge in [-0.1, -0.05) is 19.1 Å². The molecule has 0 amide bonds. The minimum absolute atomic E-state index is 0.135. The summed E-state index contributed by atoms with van der Waals surface area (Å²) in [6, 6.07) is 10.3. The highest BCUT2D eigenvalue weighted by Crippen LogP contribution is 2.28. The average molecular weight is 339 g/mol. The highest BCUT2D eigenvalue weighted by Gasteiger charge is 2.30. The Morgan fingerprint density at radius 1 is 1.24 bits per heavy atom. The van der Waals surface area contributed by atoms with Crippen molar-refractivity contribution in [1.29, 1.82) is 0 Å². The van der Waals surface area contributed by atoms with Crippen LogP contribution in [0.1, 0.15) is 42.8 Å². The molecule has 1 atom stereocenters. The van der Waals surface area contributed by atoms with Gasteiger partial charge in [-0.05, 0) is 56.1 Å². The van der Waals surface area contributed by atoms with E-state index in [0.29, 0.717) is 12.8 Å². The Hall–Kier alpha value is -2.27. The first kappa shape index (κ1) is 17.5. The van der Waals surface area contributed by atoms with Crippen LogP contribution < -0.4 is 0 Å². The normalized spacial score (nSPS) is 17.3. The lowest BCUT2D eigenvalue weighted by molar-refractivity contribution is -0.143. The van der Waals surface area contributed by atoms with E-state index >= 15 is 0 Å². The van der Waals surface area contributed by atoms with E-state index in [2.05, 4.69) is 33.9 Å². The van der Waals surface area contributed by atoms with E-state index in [-0.39, 0.29) is 12.0 Å². The molecule has 2 aromatic heterocycles. The Labute approximate surface area is 148 Å². The molecule has 5 heteroatoms. The number of carboxylic acids is 1. The molecule has 0 spiro atoms. The molecule has 3 rings (SSSR count). The van der Waals surface area contributed by atoms with Crippen LogP contribution in [0.4, 0.5) is 0 Å². The first-order valence-electron chi connectivity index (χ1n) is 8.99. The first-order chi connectivity index (χ1) is 12.2. The summed E-state index contributed by atoms with van der Waals surface area (Å²) in [6.45, 7) is 3.69. The fraction of sp³-hybridized carbons (Fsp3) is 0.450. The summed E-state index contributed by atoms with van der Waals surface area (Å²) in [6.07, 6.45) is 6.92. The van der Waals surface area contributed by atoms with Crippen LogP contribution >= 0.6 is 0 Å². The number of hydrogen-bond acceptors (Lipinski definition) is 4. The molecule has 0 bridgehead atoms. The van der Waals surface area contributed by atoms with Crippen LogP contribution in [0.5, 0.6) is 0 Å². The predicted octanol–water partition coefficient (Wildman–Crippen LogP) is 3.12. The second-order valence-corrected chi connectivity index (χ2v) is 6.63. The molecule has 5 nitrogen and oxygen atoms in total. The second-order valence-electron chi connectivity index (χ2n) is 6.63. The number of carboxylic acid groups (broad SMARTS) is 1. The van der Waals surface area contributed by atoms with E-state index in [4.69, 9.17) is 0 Å². The number of nitrogens with zero attached hydrogens (tertiary/aromatic N) is 3. The molecule has 1 N–H and O–H groups in total. The lowest BCUT2D eigenvalue weighted by Crippen LogP contribution is -2.40. The molecule has 0 aliphatic carbocycles. The number of piperidine rings is 1. The van der Waals surface area contributed by atoms with Gasteiger partial charge >= 0.3 is 5.97 Å². The van der Waals surface area contributed by atoms with Gasteiger partial charge in [0, 0.05) is 24.5 Å². The molecule has 1 aliphatic heterocycles. The van der Waals surface area contributed by atoms with Crippen molar-refractivity contribution in [1.82, 2.24) is 14.9 Å². The van der Waals surface area contributed by atoms with E-state index in [1.807, 2.05) is 30.6 Å². The molecular weight excluding hydrogens is 314 g/mol. The third-order valence-corrected chi connectivity index (χ3v) is 5.05. The van der Waals surface area contributed by atoms with Crippen LogP contribution in [0, 0.1) is 5.92 Å². The van der Waals surface area contributed by atoms with Gasteiger partial charge in [-0.2, -0.15) is 0 Å². The number of aliphatic carboxylic acids is 1. The van der Waals surface area contributed by atoms with Crippen molar-refractivity contribution in [2.75, 3.05) is 13.1 Å². The molecule has 2 aromatic rings. The van der Waals surface area contributed by atoms with E-state index in [1.54, 1.807) is 0 Å². The van der Waals surface area contributed by atoms with Crippen LogP contribution in [-0.4, -0.2) is 39.0 Å². The summed E-state index contributed by atoms with van der Waals surface area (Å²) in [5, 5.41) is 9.23. The number of aryl methyl sites for hydroxylation is 1. The molecule has 3 heterocycles. The maximum absolute atomic E-state index is 11.2. The van der Waals surface area contributed by atoms with Gasteiger partial charge in [-0.25, -0.2) is 0 Å². The lowest BCUT2D eigenvalue weighted by Gasteiger charge is -2.36. The van der Waals surface area contributed by atoms with Crippen LogP contribution in [0.25, 0.3) is 0 Å². The summed E-state index contributed by atoms with van der Waals surface area (Å²) in [5.74, 6) is -0.895. The monoisotopic (exact) mass is 339 g/mol. The van der Waals surface area contributed by atoms with Crippen molar-refractivity contribution in [2.45, 2.75) is 38.6 Å². The Bertz CT molecular complexity index is 680. The number of pyridine rings is 2. The van der Waals surface area contributed by atoms with E-state index in [9.17, 15) is 9.90 Å². The van der Waals surface area contributed by atoms with Gasteiger partial charge in [-0.15, -0.1) is 0 Å². The minimum atomic E-state index is -0.675. The molecule has 132 valence electrons. The van der Waals surface area contributed by atoms with Gasteiger partial charge in [-0.3, -0.25) is 19.7 Å². The fourth-order valence-electron chi connectivity index (χ4n) is 3.44. The molecule has 0 aromatic carbocycles. The van der Waals surface area contributed by atoms with Gasteiger partial charge in [0.15, 0.2) is 0 Å². The molecule has 0 saturated carbocycles. The number of aromatic nitrogens is 2. The van der Waals surface area contributed by atoms with Crippen molar-refractivity contribution < 1.29 is 9.90 Å². The molecular formula is C20H25N3O2. The maximum Gasteiger partial charge on any atom is 0.306 e. The van der Waals surface area contributed by atoms with E-state index < -0.39 is 5.97 Å². The zero-order chi connectivity index (χ0) is 17.6. The van der Waals surface area contributed by atoms with Crippen LogP contribution in [-0.2, 0) is 17.6 Å². The van der Waals surface area contributed by atoms with Gasteiger partial charge in [0.1, 0.15) is 0 Å². The minimum Gasteiger partial charge on any atom is -0.481 e. The van der Waals surface area contributed by atoms with Crippen LogP contribution in [0.15, 0.2) is 42.7 Å². The van der Waals surface area contributed by atoms with Gasteiger partial charge < -0.3 is 5.11 Å². The Kier molecular flexibility index (Phi) is 5.76. The summed E-state index contributed by atoms with van der Waals surface area (Å²) < 4.78 is 0. The van der Waals surface area contributed by atoms with Crippen LogP contribution in [0.3, 0.4) is 0 Å². The molecule has 1 fully saturated rings. The van der Waals surface area contributed by atoms with Crippen LogP contribution in [0.2, 0.25) is 0 Å². The standard InChI is InChI=1S/C20H25N3O2/c1-2-15-6-7-18(22-14-15)19(13-17-5-3-4-10-21-17)23-11-8-16(9-12-23)20(24)25/h3-7,10,14,16,19H,2,8-9,11-13H2,1H3,(H,24,25). The highest BCUT2D eigenvalue weighted by atomic mass is 16.4. The third-order valence-electron chi connectivity index (χ3n) is 5.05. The number of hydrogen-bond donors (Lipinski definition) is 1. The summed E-state index contributed by atoms with van der Waals surface area (Å²) in [4.78, 5) is 22.7. The van der Waals surface area contributed by atoms with E-state index in [1.165, 1.54) is 5.56 Å². The SMILES string of the molecule is CCc1ccc(C(Cc2ccccn2)N2CCC(C(=O)O)CC2)nc1. The van der Waals surface area contributed by atoms with Crippen molar-refractivity contribution in [2.24, 2.45) is 5.92 Å². The lowest BCUT2D eigenvalue weighted by atomic mass is 9.94. The topological polar surface area (TPSA) is 66.3 Å². The quantitative estimate of drug-likeness (QED) is 0.876. The van der Waals surface area contributed by atoms with E-state index in [0.717, 1.165) is 37.3 Å². The predicted molar refractivity (Wildman–Crippen MR) is 96.2 cm³/mol. The third kappa shape index (κ3) is 4.42. The summed E-state index contributed by atoms with van der Waals surface area (Å²) in [5.41, 5.74) is 3.30.